The number of rotatable bonds is 6. The topological polar surface area (TPSA) is 82.6 Å². The first-order chi connectivity index (χ1) is 13.6. The molecule has 0 aliphatic heterocycles. The molecule has 28 heavy (non-hydrogen) atoms. The Labute approximate surface area is 170 Å². The Morgan fingerprint density at radius 2 is 1.82 bits per heavy atom. The number of hydrogen-bond acceptors (Lipinski definition) is 4. The Balaban J connectivity index is 1.42. The van der Waals surface area contributed by atoms with E-state index in [0.29, 0.717) is 23.3 Å². The van der Waals surface area contributed by atoms with Gasteiger partial charge in [0, 0.05) is 29.8 Å². The normalized spacial score (nSPS) is 10.9. The van der Waals surface area contributed by atoms with Crippen molar-refractivity contribution in [2.24, 2.45) is 0 Å². The Bertz CT molecular complexity index is 1080. The zero-order valence-corrected chi connectivity index (χ0v) is 16.0. The third-order valence-electron chi connectivity index (χ3n) is 3.93. The molecule has 0 aliphatic rings. The standard InChI is InChI=1S/C18H15Cl2N7O/c19-14-4-2-13(3-5-14)10-27-11-15(20)17(24-27)22-18(28)16-6-9-26(23-16)12-25-8-1-7-21-25/h1-9,11H,10,12H2,(H,22,24,28). The van der Waals surface area contributed by atoms with Crippen molar-refractivity contribution >= 4 is 34.9 Å². The van der Waals surface area contributed by atoms with Crippen molar-refractivity contribution in [1.29, 1.82) is 0 Å². The minimum Gasteiger partial charge on any atom is -0.302 e. The SMILES string of the molecule is O=C(Nc1nn(Cc2ccc(Cl)cc2)cc1Cl)c1ccn(Cn2cccn2)n1. The molecule has 0 radical (unpaired) electrons. The summed E-state index contributed by atoms with van der Waals surface area (Å²) >= 11 is 12.1. The molecule has 8 nitrogen and oxygen atoms in total. The average molecular weight is 416 g/mol. The van der Waals surface area contributed by atoms with Gasteiger partial charge in [-0.1, -0.05) is 35.3 Å². The predicted molar refractivity (Wildman–Crippen MR) is 106 cm³/mol. The number of halogens is 2. The number of carbonyl (C=O) groups is 1. The number of anilines is 1. The maximum atomic E-state index is 12.5. The summed E-state index contributed by atoms with van der Waals surface area (Å²) in [7, 11) is 0. The van der Waals surface area contributed by atoms with E-state index in [9.17, 15) is 4.79 Å². The summed E-state index contributed by atoms with van der Waals surface area (Å²) in [5.74, 6) is -0.111. The minimum absolute atomic E-state index is 0.260. The molecule has 0 saturated carbocycles. The van der Waals surface area contributed by atoms with Crippen LogP contribution >= 0.6 is 23.2 Å². The maximum Gasteiger partial charge on any atom is 0.277 e. The molecule has 142 valence electrons. The van der Waals surface area contributed by atoms with E-state index in [1.807, 2.05) is 36.5 Å². The van der Waals surface area contributed by atoms with E-state index in [4.69, 9.17) is 23.2 Å². The minimum atomic E-state index is -0.391. The van der Waals surface area contributed by atoms with Crippen molar-refractivity contribution in [3.05, 3.63) is 82.5 Å². The zero-order valence-electron chi connectivity index (χ0n) is 14.5. The highest BCUT2D eigenvalue weighted by atomic mass is 35.5. The van der Waals surface area contributed by atoms with E-state index >= 15 is 0 Å². The van der Waals surface area contributed by atoms with Crippen LogP contribution in [-0.4, -0.2) is 35.2 Å². The van der Waals surface area contributed by atoms with Crippen LogP contribution in [0.1, 0.15) is 16.1 Å². The number of amides is 1. The van der Waals surface area contributed by atoms with Crippen molar-refractivity contribution in [3.63, 3.8) is 0 Å². The Morgan fingerprint density at radius 3 is 2.57 bits per heavy atom. The average Bonchev–Trinajstić information content (AvgIpc) is 3.41. The predicted octanol–water partition coefficient (Wildman–Crippen LogP) is 3.39. The monoisotopic (exact) mass is 415 g/mol. The van der Waals surface area contributed by atoms with Gasteiger partial charge in [0.25, 0.3) is 5.91 Å². The van der Waals surface area contributed by atoms with E-state index < -0.39 is 5.91 Å². The molecule has 3 heterocycles. The molecule has 4 aromatic rings. The summed E-state index contributed by atoms with van der Waals surface area (Å²) in [5.41, 5.74) is 1.27. The summed E-state index contributed by atoms with van der Waals surface area (Å²) in [6, 6.07) is 10.9. The van der Waals surface area contributed by atoms with Gasteiger partial charge in [0.05, 0.1) is 6.54 Å². The van der Waals surface area contributed by atoms with Crippen molar-refractivity contribution in [3.8, 4) is 0 Å². The van der Waals surface area contributed by atoms with Gasteiger partial charge in [0.2, 0.25) is 0 Å². The lowest BCUT2D eigenvalue weighted by molar-refractivity contribution is 0.102. The van der Waals surface area contributed by atoms with Gasteiger partial charge in [-0.15, -0.1) is 0 Å². The molecule has 1 amide bonds. The molecule has 3 aromatic heterocycles. The highest BCUT2D eigenvalue weighted by molar-refractivity contribution is 6.33. The Morgan fingerprint density at radius 1 is 1.00 bits per heavy atom. The second kappa shape index (κ2) is 7.87. The van der Waals surface area contributed by atoms with Gasteiger partial charge in [0.1, 0.15) is 11.7 Å². The third kappa shape index (κ3) is 4.24. The number of carbonyl (C=O) groups excluding carboxylic acids is 1. The second-order valence-corrected chi connectivity index (χ2v) is 6.87. The van der Waals surface area contributed by atoms with E-state index in [-0.39, 0.29) is 11.5 Å². The number of benzene rings is 1. The van der Waals surface area contributed by atoms with Crippen LogP contribution in [0.15, 0.2) is 61.2 Å². The summed E-state index contributed by atoms with van der Waals surface area (Å²) in [5, 5.41) is 16.4. The van der Waals surface area contributed by atoms with Gasteiger partial charge >= 0.3 is 0 Å². The number of aromatic nitrogens is 6. The molecular weight excluding hydrogens is 401 g/mol. The third-order valence-corrected chi connectivity index (χ3v) is 4.46. The molecule has 0 aliphatic carbocycles. The van der Waals surface area contributed by atoms with Gasteiger partial charge < -0.3 is 5.32 Å². The fourth-order valence-corrected chi connectivity index (χ4v) is 2.93. The number of nitrogens with one attached hydrogen (secondary N) is 1. The second-order valence-electron chi connectivity index (χ2n) is 6.03. The first kappa shape index (κ1) is 18.3. The summed E-state index contributed by atoms with van der Waals surface area (Å²) < 4.78 is 4.96. The van der Waals surface area contributed by atoms with Crippen LogP contribution in [0.25, 0.3) is 0 Å². The van der Waals surface area contributed by atoms with Crippen LogP contribution in [0.5, 0.6) is 0 Å². The van der Waals surface area contributed by atoms with E-state index in [1.54, 1.807) is 38.7 Å². The largest absolute Gasteiger partial charge is 0.302 e. The smallest absolute Gasteiger partial charge is 0.277 e. The molecule has 0 unspecified atom stereocenters. The van der Waals surface area contributed by atoms with Gasteiger partial charge in [-0.05, 0) is 29.8 Å². The first-order valence-corrected chi connectivity index (χ1v) is 9.12. The molecule has 10 heteroatoms. The number of nitrogens with zero attached hydrogens (tertiary/aromatic N) is 6. The molecule has 0 saturated heterocycles. The van der Waals surface area contributed by atoms with Gasteiger partial charge in [-0.25, -0.2) is 0 Å². The first-order valence-electron chi connectivity index (χ1n) is 8.36. The summed E-state index contributed by atoms with van der Waals surface area (Å²) in [4.78, 5) is 12.5. The summed E-state index contributed by atoms with van der Waals surface area (Å²) in [6.45, 7) is 0.919. The lowest BCUT2D eigenvalue weighted by atomic mass is 10.2. The van der Waals surface area contributed by atoms with Crippen LogP contribution in [0.4, 0.5) is 5.82 Å². The van der Waals surface area contributed by atoms with E-state index in [2.05, 4.69) is 20.6 Å². The van der Waals surface area contributed by atoms with Crippen molar-refractivity contribution in [2.75, 3.05) is 5.32 Å². The van der Waals surface area contributed by atoms with E-state index in [0.717, 1.165) is 5.56 Å². The molecule has 4 rings (SSSR count). The van der Waals surface area contributed by atoms with Crippen LogP contribution in [-0.2, 0) is 13.2 Å². The number of hydrogen-bond donors (Lipinski definition) is 1. The zero-order chi connectivity index (χ0) is 19.5. The Kier molecular flexibility index (Phi) is 5.14. The quantitative estimate of drug-likeness (QED) is 0.523. The molecule has 1 N–H and O–H groups in total. The van der Waals surface area contributed by atoms with Crippen LogP contribution in [0.2, 0.25) is 10.0 Å². The molecule has 0 spiro atoms. The van der Waals surface area contributed by atoms with Crippen molar-refractivity contribution in [2.45, 2.75) is 13.2 Å². The molecule has 1 aromatic carbocycles. The van der Waals surface area contributed by atoms with Crippen LogP contribution in [0, 0.1) is 0 Å². The van der Waals surface area contributed by atoms with Gasteiger partial charge in [-0.3, -0.25) is 18.8 Å². The highest BCUT2D eigenvalue weighted by Gasteiger charge is 2.15. The van der Waals surface area contributed by atoms with Gasteiger partial charge in [-0.2, -0.15) is 15.3 Å². The van der Waals surface area contributed by atoms with Crippen LogP contribution in [0.3, 0.4) is 0 Å². The van der Waals surface area contributed by atoms with Crippen LogP contribution < -0.4 is 5.32 Å². The van der Waals surface area contributed by atoms with Gasteiger partial charge in [0.15, 0.2) is 11.5 Å². The lowest BCUT2D eigenvalue weighted by Crippen LogP contribution is -2.15. The van der Waals surface area contributed by atoms with Crippen molar-refractivity contribution in [1.82, 2.24) is 29.3 Å². The maximum absolute atomic E-state index is 12.5. The molecule has 0 bridgehead atoms. The molecule has 0 fully saturated rings. The Hall–Kier alpha value is -3.10. The lowest BCUT2D eigenvalue weighted by Gasteiger charge is -2.03. The fraction of sp³-hybridized carbons (Fsp3) is 0.111. The fourth-order valence-electron chi connectivity index (χ4n) is 2.61. The molecule has 0 atom stereocenters. The van der Waals surface area contributed by atoms with Crippen molar-refractivity contribution < 1.29 is 4.79 Å². The molecular formula is C18H15Cl2N7O. The summed E-state index contributed by atoms with van der Waals surface area (Å²) in [6.07, 6.45) is 6.85. The highest BCUT2D eigenvalue weighted by Crippen LogP contribution is 2.21. The van der Waals surface area contributed by atoms with E-state index in [1.165, 1.54) is 0 Å².